The van der Waals surface area contributed by atoms with Crippen molar-refractivity contribution in [3.05, 3.63) is 29.8 Å². The first-order valence-corrected chi connectivity index (χ1v) is 10.9. The monoisotopic (exact) mass is 415 g/mol. The van der Waals surface area contributed by atoms with Gasteiger partial charge in [0.1, 0.15) is 12.4 Å². The number of carbonyl (C=O) groups excluding carboxylic acids is 3. The van der Waals surface area contributed by atoms with Gasteiger partial charge in [0.05, 0.1) is 18.5 Å². The predicted molar refractivity (Wildman–Crippen MR) is 114 cm³/mol. The number of hydrogen-bond acceptors (Lipinski definition) is 4. The standard InChI is InChI=1S/C23H33N3O4/c1-18(27)24-16-21(28)26-13-7-12-23(17-26)11-6-5-9-19-8-3-4-10-20(19)30-15-14-25(2)22(23)29/h3-4,8,10H,5-7,9,11-17H2,1-2H3,(H,24,27). The fourth-order valence-corrected chi connectivity index (χ4v) is 4.57. The minimum Gasteiger partial charge on any atom is -0.491 e. The molecule has 1 spiro atoms. The van der Waals surface area contributed by atoms with Crippen molar-refractivity contribution >= 4 is 17.7 Å². The van der Waals surface area contributed by atoms with E-state index in [1.54, 1.807) is 9.80 Å². The van der Waals surface area contributed by atoms with Crippen LogP contribution in [0.25, 0.3) is 0 Å². The van der Waals surface area contributed by atoms with Crippen molar-refractivity contribution in [3.8, 4) is 5.75 Å². The van der Waals surface area contributed by atoms with Crippen LogP contribution in [0.1, 0.15) is 44.6 Å². The molecular weight excluding hydrogens is 382 g/mol. The van der Waals surface area contributed by atoms with Crippen LogP contribution in [0.3, 0.4) is 0 Å². The maximum absolute atomic E-state index is 13.5. The van der Waals surface area contributed by atoms with E-state index in [1.165, 1.54) is 12.5 Å². The number of carbonyl (C=O) groups is 3. The molecule has 1 N–H and O–H groups in total. The maximum Gasteiger partial charge on any atom is 0.241 e. The molecule has 0 aromatic heterocycles. The van der Waals surface area contributed by atoms with Gasteiger partial charge in [-0.05, 0) is 43.7 Å². The zero-order chi connectivity index (χ0) is 21.6. The van der Waals surface area contributed by atoms with Gasteiger partial charge in [-0.1, -0.05) is 24.6 Å². The second-order valence-electron chi connectivity index (χ2n) is 8.50. The van der Waals surface area contributed by atoms with Crippen molar-refractivity contribution in [1.29, 1.82) is 0 Å². The molecule has 2 aliphatic rings. The molecule has 1 aromatic rings. The van der Waals surface area contributed by atoms with Gasteiger partial charge in [0.2, 0.25) is 17.7 Å². The molecule has 3 rings (SSSR count). The van der Waals surface area contributed by atoms with Gasteiger partial charge in [-0.2, -0.15) is 0 Å². The Balaban J connectivity index is 1.74. The summed E-state index contributed by atoms with van der Waals surface area (Å²) < 4.78 is 5.97. The summed E-state index contributed by atoms with van der Waals surface area (Å²) >= 11 is 0. The zero-order valence-electron chi connectivity index (χ0n) is 18.1. The molecule has 0 saturated carbocycles. The van der Waals surface area contributed by atoms with Crippen molar-refractivity contribution in [2.45, 2.75) is 45.4 Å². The number of likely N-dealkylation sites (N-methyl/N-ethyl adjacent to an activating group) is 1. The fourth-order valence-electron chi connectivity index (χ4n) is 4.57. The molecular formula is C23H33N3O4. The van der Waals surface area contributed by atoms with Crippen molar-refractivity contribution in [2.24, 2.45) is 5.41 Å². The van der Waals surface area contributed by atoms with Gasteiger partial charge in [0.15, 0.2) is 0 Å². The van der Waals surface area contributed by atoms with Gasteiger partial charge in [-0.25, -0.2) is 0 Å². The van der Waals surface area contributed by atoms with Gasteiger partial charge >= 0.3 is 0 Å². The molecule has 2 heterocycles. The zero-order valence-corrected chi connectivity index (χ0v) is 18.1. The highest BCUT2D eigenvalue weighted by Crippen LogP contribution is 2.37. The van der Waals surface area contributed by atoms with E-state index in [-0.39, 0.29) is 24.3 Å². The average molecular weight is 416 g/mol. The Kier molecular flexibility index (Phi) is 7.34. The molecule has 1 aromatic carbocycles. The second kappa shape index (κ2) is 9.96. The predicted octanol–water partition coefficient (Wildman–Crippen LogP) is 2.00. The largest absolute Gasteiger partial charge is 0.491 e. The van der Waals surface area contributed by atoms with E-state index in [9.17, 15) is 14.4 Å². The number of ether oxygens (including phenoxy) is 1. The van der Waals surface area contributed by atoms with Crippen LogP contribution >= 0.6 is 0 Å². The highest BCUT2D eigenvalue weighted by molar-refractivity contribution is 5.86. The number of nitrogens with one attached hydrogen (secondary N) is 1. The number of rotatable bonds is 2. The summed E-state index contributed by atoms with van der Waals surface area (Å²) in [6.07, 6.45) is 5.16. The first kappa shape index (κ1) is 22.1. The highest BCUT2D eigenvalue weighted by Gasteiger charge is 2.44. The lowest BCUT2D eigenvalue weighted by molar-refractivity contribution is -0.149. The van der Waals surface area contributed by atoms with Gasteiger partial charge < -0.3 is 19.9 Å². The Labute approximate surface area is 178 Å². The van der Waals surface area contributed by atoms with Crippen molar-refractivity contribution in [3.63, 3.8) is 0 Å². The number of piperidine rings is 1. The molecule has 3 amide bonds. The molecule has 0 radical (unpaired) electrons. The highest BCUT2D eigenvalue weighted by atomic mass is 16.5. The number of hydrogen-bond donors (Lipinski definition) is 1. The third-order valence-corrected chi connectivity index (χ3v) is 6.23. The quantitative estimate of drug-likeness (QED) is 0.801. The smallest absolute Gasteiger partial charge is 0.241 e. The maximum atomic E-state index is 13.5. The number of likely N-dealkylation sites (tertiary alicyclic amines) is 1. The van der Waals surface area contributed by atoms with Gasteiger partial charge in [0.25, 0.3) is 0 Å². The van der Waals surface area contributed by atoms with Crippen molar-refractivity contribution in [1.82, 2.24) is 15.1 Å². The summed E-state index contributed by atoms with van der Waals surface area (Å²) in [4.78, 5) is 40.8. The summed E-state index contributed by atoms with van der Waals surface area (Å²) in [7, 11) is 1.82. The lowest BCUT2D eigenvalue weighted by Gasteiger charge is -2.44. The fraction of sp³-hybridized carbons (Fsp3) is 0.609. The number of benzene rings is 1. The minimum atomic E-state index is -0.558. The molecule has 2 aliphatic heterocycles. The van der Waals surface area contributed by atoms with Crippen LogP contribution in [0.4, 0.5) is 0 Å². The Morgan fingerprint density at radius 3 is 2.70 bits per heavy atom. The molecule has 0 aliphatic carbocycles. The molecule has 0 bridgehead atoms. The Bertz CT molecular complexity index is 781. The number of amides is 3. The van der Waals surface area contributed by atoms with Crippen LogP contribution in [-0.2, 0) is 20.8 Å². The van der Waals surface area contributed by atoms with Crippen LogP contribution in [0.2, 0.25) is 0 Å². The minimum absolute atomic E-state index is 0.0138. The summed E-state index contributed by atoms with van der Waals surface area (Å²) in [5, 5.41) is 2.58. The van der Waals surface area contributed by atoms with E-state index in [4.69, 9.17) is 4.74 Å². The molecule has 1 saturated heterocycles. The molecule has 164 valence electrons. The lowest BCUT2D eigenvalue weighted by atomic mass is 9.74. The van der Waals surface area contributed by atoms with Crippen LogP contribution < -0.4 is 10.1 Å². The van der Waals surface area contributed by atoms with Crippen LogP contribution in [0.5, 0.6) is 5.75 Å². The summed E-state index contributed by atoms with van der Waals surface area (Å²) in [6, 6.07) is 8.10. The van der Waals surface area contributed by atoms with Gasteiger partial charge in [-0.3, -0.25) is 14.4 Å². The lowest BCUT2D eigenvalue weighted by Crippen LogP contribution is -2.55. The van der Waals surface area contributed by atoms with E-state index in [1.807, 2.05) is 25.2 Å². The van der Waals surface area contributed by atoms with E-state index in [0.29, 0.717) is 26.2 Å². The second-order valence-corrected chi connectivity index (χ2v) is 8.50. The number of nitrogens with zero attached hydrogens (tertiary/aromatic N) is 2. The van der Waals surface area contributed by atoms with Gasteiger partial charge in [0, 0.05) is 27.1 Å². The summed E-state index contributed by atoms with van der Waals surface area (Å²) in [5.41, 5.74) is 0.647. The van der Waals surface area contributed by atoms with Crippen LogP contribution in [0, 0.1) is 5.41 Å². The molecule has 7 heteroatoms. The molecule has 30 heavy (non-hydrogen) atoms. The third-order valence-electron chi connectivity index (χ3n) is 6.23. The number of para-hydroxylation sites is 1. The first-order valence-electron chi connectivity index (χ1n) is 10.9. The summed E-state index contributed by atoms with van der Waals surface area (Å²) in [6.45, 7) is 3.39. The molecule has 1 atom stereocenters. The number of aryl methyl sites for hydroxylation is 1. The Morgan fingerprint density at radius 2 is 1.90 bits per heavy atom. The third kappa shape index (κ3) is 5.32. The van der Waals surface area contributed by atoms with E-state index >= 15 is 0 Å². The topological polar surface area (TPSA) is 79.0 Å². The Hall–Kier alpha value is -2.57. The van der Waals surface area contributed by atoms with Crippen molar-refractivity contribution < 1.29 is 19.1 Å². The van der Waals surface area contributed by atoms with Crippen LogP contribution in [-0.4, -0.2) is 67.4 Å². The normalized spacial score (nSPS) is 23.1. The average Bonchev–Trinajstić information content (AvgIpc) is 2.74. The molecule has 1 fully saturated rings. The Morgan fingerprint density at radius 1 is 1.13 bits per heavy atom. The van der Waals surface area contributed by atoms with Crippen LogP contribution in [0.15, 0.2) is 24.3 Å². The molecule has 1 unspecified atom stereocenters. The first-order chi connectivity index (χ1) is 14.4. The van der Waals surface area contributed by atoms with E-state index < -0.39 is 5.41 Å². The van der Waals surface area contributed by atoms with Crippen molar-refractivity contribution in [2.75, 3.05) is 39.8 Å². The SMILES string of the molecule is CC(=O)NCC(=O)N1CCCC2(CCCCc3ccccc3OCCN(C)C2=O)C1. The van der Waals surface area contributed by atoms with E-state index in [0.717, 1.165) is 44.3 Å². The number of fused-ring (bicyclic) bond motifs is 1. The summed E-state index contributed by atoms with van der Waals surface area (Å²) in [5.74, 6) is 0.651. The van der Waals surface area contributed by atoms with E-state index in [2.05, 4.69) is 11.4 Å². The van der Waals surface area contributed by atoms with Gasteiger partial charge in [-0.15, -0.1) is 0 Å². The molecule has 7 nitrogen and oxygen atoms in total.